The van der Waals surface area contributed by atoms with E-state index in [-0.39, 0.29) is 5.92 Å². The Bertz CT molecular complexity index is 835. The van der Waals surface area contributed by atoms with E-state index >= 15 is 0 Å². The van der Waals surface area contributed by atoms with Crippen LogP contribution in [0.1, 0.15) is 60.7 Å². The third-order valence-electron chi connectivity index (χ3n) is 5.90. The molecule has 1 N–H and O–H groups in total. The molecular formula is C19H23N3O2S. The van der Waals surface area contributed by atoms with Crippen LogP contribution in [0.2, 0.25) is 0 Å². The van der Waals surface area contributed by atoms with Crippen molar-refractivity contribution < 1.29 is 9.90 Å². The maximum absolute atomic E-state index is 11.3. The van der Waals surface area contributed by atoms with Gasteiger partial charge in [0.2, 0.25) is 0 Å². The number of hydrogen-bond acceptors (Lipinski definition) is 5. The highest BCUT2D eigenvalue weighted by atomic mass is 32.1. The highest BCUT2D eigenvalue weighted by Gasteiger charge is 2.32. The van der Waals surface area contributed by atoms with Crippen LogP contribution in [0.5, 0.6) is 0 Å². The fourth-order valence-electron chi connectivity index (χ4n) is 4.25. The fraction of sp³-hybridized carbons (Fsp3) is 0.632. The number of rotatable bonds is 3. The SMILES string of the molecule is O=C(O)C1CCN(c2nc(C3CC3)nc3sc4c(c23)CCCC4)CC1. The first-order valence-electron chi connectivity index (χ1n) is 9.50. The van der Waals surface area contributed by atoms with Crippen molar-refractivity contribution >= 4 is 33.3 Å². The molecule has 2 aromatic heterocycles. The third kappa shape index (κ3) is 2.71. The molecule has 0 bridgehead atoms. The van der Waals surface area contributed by atoms with Crippen LogP contribution in [0.15, 0.2) is 0 Å². The van der Waals surface area contributed by atoms with E-state index in [2.05, 4.69) is 4.90 Å². The molecule has 5 nitrogen and oxygen atoms in total. The molecule has 0 aromatic carbocycles. The van der Waals surface area contributed by atoms with E-state index in [1.807, 2.05) is 11.3 Å². The second-order valence-corrected chi connectivity index (χ2v) is 8.75. The number of carbonyl (C=O) groups is 1. The van der Waals surface area contributed by atoms with E-state index in [9.17, 15) is 9.90 Å². The molecule has 5 rings (SSSR count). The van der Waals surface area contributed by atoms with Crippen LogP contribution in [0, 0.1) is 5.92 Å². The Morgan fingerprint density at radius 1 is 1.08 bits per heavy atom. The molecule has 1 aliphatic heterocycles. The van der Waals surface area contributed by atoms with Gasteiger partial charge in [0.1, 0.15) is 16.5 Å². The average Bonchev–Trinajstić information content (AvgIpc) is 3.41. The van der Waals surface area contributed by atoms with Crippen LogP contribution < -0.4 is 4.90 Å². The summed E-state index contributed by atoms with van der Waals surface area (Å²) in [5.74, 6) is 1.79. The van der Waals surface area contributed by atoms with E-state index in [0.29, 0.717) is 18.8 Å². The lowest BCUT2D eigenvalue weighted by Crippen LogP contribution is -2.37. The number of fused-ring (bicyclic) bond motifs is 3. The van der Waals surface area contributed by atoms with E-state index in [1.54, 1.807) is 0 Å². The van der Waals surface area contributed by atoms with Gasteiger partial charge in [0.25, 0.3) is 0 Å². The zero-order valence-electron chi connectivity index (χ0n) is 14.3. The Labute approximate surface area is 151 Å². The van der Waals surface area contributed by atoms with Gasteiger partial charge in [-0.05, 0) is 56.9 Å². The first kappa shape index (κ1) is 15.6. The summed E-state index contributed by atoms with van der Waals surface area (Å²) < 4.78 is 0. The zero-order valence-corrected chi connectivity index (χ0v) is 15.1. The molecule has 3 heterocycles. The van der Waals surface area contributed by atoms with Crippen molar-refractivity contribution in [2.24, 2.45) is 5.92 Å². The number of piperidine rings is 1. The summed E-state index contributed by atoms with van der Waals surface area (Å²) in [6.07, 6.45) is 8.69. The number of aryl methyl sites for hydroxylation is 2. The standard InChI is InChI=1S/C19H23N3O2S/c23-19(24)12-7-9-22(10-8-12)17-15-13-3-1-2-4-14(13)25-18(15)21-16(20-17)11-5-6-11/h11-12H,1-10H2,(H,23,24). The van der Waals surface area contributed by atoms with Crippen molar-refractivity contribution in [3.63, 3.8) is 0 Å². The maximum atomic E-state index is 11.3. The number of aromatic nitrogens is 2. The lowest BCUT2D eigenvalue weighted by molar-refractivity contribution is -0.142. The Balaban J connectivity index is 1.58. The number of carboxylic acid groups (broad SMARTS) is 1. The Hall–Kier alpha value is -1.69. The molecule has 0 amide bonds. The molecule has 3 aliphatic rings. The number of aliphatic carboxylic acids is 1. The minimum Gasteiger partial charge on any atom is -0.481 e. The number of anilines is 1. The van der Waals surface area contributed by atoms with Gasteiger partial charge in [0, 0.05) is 23.9 Å². The van der Waals surface area contributed by atoms with Gasteiger partial charge in [-0.2, -0.15) is 0 Å². The van der Waals surface area contributed by atoms with Gasteiger partial charge in [0.15, 0.2) is 0 Å². The van der Waals surface area contributed by atoms with E-state index < -0.39 is 5.97 Å². The van der Waals surface area contributed by atoms with Gasteiger partial charge in [-0.15, -0.1) is 11.3 Å². The first-order valence-corrected chi connectivity index (χ1v) is 10.3. The molecule has 2 fully saturated rings. The summed E-state index contributed by atoms with van der Waals surface area (Å²) in [5.41, 5.74) is 1.48. The number of nitrogens with zero attached hydrogens (tertiary/aromatic N) is 3. The summed E-state index contributed by atoms with van der Waals surface area (Å²) in [6.45, 7) is 1.58. The summed E-state index contributed by atoms with van der Waals surface area (Å²) in [7, 11) is 0. The fourth-order valence-corrected chi connectivity index (χ4v) is 5.51. The van der Waals surface area contributed by atoms with Crippen LogP contribution in [0.3, 0.4) is 0 Å². The van der Waals surface area contributed by atoms with Crippen LogP contribution >= 0.6 is 11.3 Å². The van der Waals surface area contributed by atoms with E-state index in [4.69, 9.17) is 9.97 Å². The van der Waals surface area contributed by atoms with Gasteiger partial charge in [0.05, 0.1) is 11.3 Å². The first-order chi connectivity index (χ1) is 12.2. The monoisotopic (exact) mass is 357 g/mol. The van der Waals surface area contributed by atoms with Gasteiger partial charge in [-0.25, -0.2) is 9.97 Å². The topological polar surface area (TPSA) is 66.3 Å². The molecule has 0 spiro atoms. The minimum atomic E-state index is -0.654. The zero-order chi connectivity index (χ0) is 17.0. The molecular weight excluding hydrogens is 334 g/mol. The van der Waals surface area contributed by atoms with Gasteiger partial charge < -0.3 is 10.0 Å². The number of thiophene rings is 1. The Kier molecular flexibility index (Phi) is 3.69. The highest BCUT2D eigenvalue weighted by Crippen LogP contribution is 2.44. The molecule has 2 aliphatic carbocycles. The smallest absolute Gasteiger partial charge is 0.306 e. The molecule has 132 valence electrons. The van der Waals surface area contributed by atoms with Gasteiger partial charge in [-0.3, -0.25) is 4.79 Å². The summed E-state index contributed by atoms with van der Waals surface area (Å²) in [4.78, 5) is 26.2. The summed E-state index contributed by atoms with van der Waals surface area (Å²) >= 11 is 1.87. The molecule has 25 heavy (non-hydrogen) atoms. The van der Waals surface area contributed by atoms with Crippen LogP contribution in [-0.2, 0) is 17.6 Å². The Morgan fingerprint density at radius 3 is 2.56 bits per heavy atom. The lowest BCUT2D eigenvalue weighted by atomic mass is 9.95. The predicted octanol–water partition coefficient (Wildman–Crippen LogP) is 3.75. The van der Waals surface area contributed by atoms with Crippen molar-refractivity contribution in [2.45, 2.75) is 57.3 Å². The van der Waals surface area contributed by atoms with Gasteiger partial charge >= 0.3 is 5.97 Å². The molecule has 0 radical (unpaired) electrons. The molecule has 6 heteroatoms. The predicted molar refractivity (Wildman–Crippen MR) is 98.6 cm³/mol. The third-order valence-corrected chi connectivity index (χ3v) is 7.08. The number of carboxylic acids is 1. The molecule has 0 unspecified atom stereocenters. The summed E-state index contributed by atoms with van der Waals surface area (Å²) in [6, 6.07) is 0. The lowest BCUT2D eigenvalue weighted by Gasteiger charge is -2.32. The van der Waals surface area contributed by atoms with Gasteiger partial charge in [-0.1, -0.05) is 0 Å². The second kappa shape index (κ2) is 5.94. The normalized spacial score (nSPS) is 21.5. The molecule has 2 aromatic rings. The quantitative estimate of drug-likeness (QED) is 0.906. The van der Waals surface area contributed by atoms with E-state index in [1.165, 1.54) is 52.8 Å². The van der Waals surface area contributed by atoms with Crippen LogP contribution in [0.25, 0.3) is 10.2 Å². The Morgan fingerprint density at radius 2 is 1.84 bits per heavy atom. The minimum absolute atomic E-state index is 0.201. The van der Waals surface area contributed by atoms with Crippen molar-refractivity contribution in [1.82, 2.24) is 9.97 Å². The molecule has 1 saturated carbocycles. The number of hydrogen-bond donors (Lipinski definition) is 1. The molecule has 0 atom stereocenters. The van der Waals surface area contributed by atoms with Crippen molar-refractivity contribution in [2.75, 3.05) is 18.0 Å². The van der Waals surface area contributed by atoms with Crippen molar-refractivity contribution in [1.29, 1.82) is 0 Å². The van der Waals surface area contributed by atoms with Crippen LogP contribution in [-0.4, -0.2) is 34.1 Å². The average molecular weight is 357 g/mol. The van der Waals surface area contributed by atoms with Crippen molar-refractivity contribution in [3.05, 3.63) is 16.3 Å². The summed E-state index contributed by atoms with van der Waals surface area (Å²) in [5, 5.41) is 10.6. The molecule has 1 saturated heterocycles. The maximum Gasteiger partial charge on any atom is 0.306 e. The van der Waals surface area contributed by atoms with Crippen molar-refractivity contribution in [3.8, 4) is 0 Å². The highest BCUT2D eigenvalue weighted by molar-refractivity contribution is 7.19. The second-order valence-electron chi connectivity index (χ2n) is 7.67. The largest absolute Gasteiger partial charge is 0.481 e. The van der Waals surface area contributed by atoms with E-state index in [0.717, 1.165) is 31.2 Å². The van der Waals surface area contributed by atoms with Crippen LogP contribution in [0.4, 0.5) is 5.82 Å².